The van der Waals surface area contributed by atoms with Gasteiger partial charge in [-0.05, 0) is 13.8 Å². The number of ether oxygens (including phenoxy) is 3. The zero-order valence-electron chi connectivity index (χ0n) is 13.8. The normalized spacial score (nSPS) is 14.7. The lowest BCUT2D eigenvalue weighted by Crippen LogP contribution is -2.58. The number of hydrogen-bond acceptors (Lipinski definition) is 8. The van der Waals surface area contributed by atoms with E-state index in [4.69, 9.17) is 14.2 Å². The van der Waals surface area contributed by atoms with E-state index in [0.717, 1.165) is 13.2 Å². The molecule has 1 unspecified atom stereocenters. The van der Waals surface area contributed by atoms with Gasteiger partial charge in [-0.25, -0.2) is 9.59 Å². The van der Waals surface area contributed by atoms with E-state index in [0.29, 0.717) is 0 Å². The van der Waals surface area contributed by atoms with E-state index in [1.54, 1.807) is 0 Å². The van der Waals surface area contributed by atoms with Crippen LogP contribution in [0.3, 0.4) is 0 Å². The average molecular weight is 332 g/mol. The number of carbonyl (C=O) groups excluding carboxylic acids is 2. The Morgan fingerprint density at radius 1 is 1.04 bits per heavy atom. The molecule has 0 saturated heterocycles. The van der Waals surface area contributed by atoms with Gasteiger partial charge in [-0.3, -0.25) is 0 Å². The quantitative estimate of drug-likeness (QED) is 0.231. The highest BCUT2D eigenvalue weighted by molar-refractivity contribution is 5.89. The maximum atomic E-state index is 12.1. The van der Waals surface area contributed by atoms with Gasteiger partial charge in [0.15, 0.2) is 0 Å². The van der Waals surface area contributed by atoms with Gasteiger partial charge in [0.1, 0.15) is 5.41 Å². The van der Waals surface area contributed by atoms with Crippen LogP contribution >= 0.6 is 0 Å². The predicted molar refractivity (Wildman–Crippen MR) is 79.9 cm³/mol. The Bertz CT molecular complexity index is 470. The second kappa shape index (κ2) is 8.66. The molecule has 0 aliphatic rings. The molecule has 0 radical (unpaired) electrons. The lowest BCUT2D eigenvalue weighted by atomic mass is 9.81. The minimum Gasteiger partial charge on any atom is -0.504 e. The predicted octanol–water partition coefficient (Wildman–Crippen LogP) is -0.121. The number of aliphatic hydroxyl groups excluding tert-OH is 3. The lowest BCUT2D eigenvalue weighted by molar-refractivity contribution is -0.281. The van der Waals surface area contributed by atoms with Crippen LogP contribution in [-0.2, 0) is 23.8 Å². The summed E-state index contributed by atoms with van der Waals surface area (Å²) in [5.74, 6) is -3.96. The molecule has 0 aliphatic carbocycles. The number of esters is 2. The van der Waals surface area contributed by atoms with Crippen molar-refractivity contribution in [2.45, 2.75) is 26.6 Å². The third-order valence-electron chi connectivity index (χ3n) is 3.41. The summed E-state index contributed by atoms with van der Waals surface area (Å²) >= 11 is 0. The molecule has 8 nitrogen and oxygen atoms in total. The summed E-state index contributed by atoms with van der Waals surface area (Å²) in [5, 5.41) is 28.7. The monoisotopic (exact) mass is 332 g/mol. The fourth-order valence-corrected chi connectivity index (χ4v) is 1.56. The smallest absolute Gasteiger partial charge is 0.340 e. The maximum absolute atomic E-state index is 12.1. The average Bonchev–Trinajstić information content (AvgIpc) is 2.49. The first-order chi connectivity index (χ1) is 10.6. The summed E-state index contributed by atoms with van der Waals surface area (Å²) in [7, 11) is 1.33. The molecule has 0 aliphatic heterocycles. The van der Waals surface area contributed by atoms with Gasteiger partial charge in [0.2, 0.25) is 0 Å². The van der Waals surface area contributed by atoms with Crippen molar-refractivity contribution in [1.82, 2.24) is 0 Å². The molecule has 0 spiro atoms. The Morgan fingerprint density at radius 3 is 1.83 bits per heavy atom. The summed E-state index contributed by atoms with van der Waals surface area (Å²) in [6, 6.07) is 0. The number of rotatable bonds is 9. The van der Waals surface area contributed by atoms with E-state index in [1.807, 2.05) is 0 Å². The summed E-state index contributed by atoms with van der Waals surface area (Å²) in [4.78, 5) is 23.9. The Morgan fingerprint density at radius 2 is 1.48 bits per heavy atom. The van der Waals surface area contributed by atoms with Gasteiger partial charge in [0, 0.05) is 12.5 Å². The van der Waals surface area contributed by atoms with Crippen LogP contribution in [0.25, 0.3) is 0 Å². The molecule has 23 heavy (non-hydrogen) atoms. The molecule has 0 bridgehead atoms. The topological polar surface area (TPSA) is 123 Å². The first-order valence-corrected chi connectivity index (χ1v) is 6.77. The van der Waals surface area contributed by atoms with Gasteiger partial charge in [0.05, 0.1) is 38.8 Å². The number of carbonyl (C=O) groups is 2. The molecule has 0 aromatic rings. The first-order valence-electron chi connectivity index (χ1n) is 6.77. The van der Waals surface area contributed by atoms with Crippen molar-refractivity contribution >= 4 is 11.9 Å². The van der Waals surface area contributed by atoms with Crippen LogP contribution in [0.15, 0.2) is 24.0 Å². The summed E-state index contributed by atoms with van der Waals surface area (Å²) in [5.41, 5.74) is -1.76. The van der Waals surface area contributed by atoms with Crippen LogP contribution in [-0.4, -0.2) is 60.0 Å². The Hall–Kier alpha value is -1.90. The van der Waals surface area contributed by atoms with Crippen molar-refractivity contribution in [3.8, 4) is 0 Å². The number of aliphatic hydroxyl groups is 3. The minimum absolute atomic E-state index is 0.0131. The number of hydrogen-bond donors (Lipinski definition) is 3. The van der Waals surface area contributed by atoms with E-state index in [1.165, 1.54) is 21.0 Å². The molecule has 0 aromatic heterocycles. The standard InChI is InChI=1S/C15H24O8/c1-10(2)12(19)22-14(4,15(7-16,8-17)9-18)23-13(20)11(3)6-21-5/h6,16-18H,1,7-9H2,2-5H3/b11-6+. The molecule has 0 saturated carbocycles. The fraction of sp³-hybridized carbons (Fsp3) is 0.600. The van der Waals surface area contributed by atoms with E-state index in [2.05, 4.69) is 6.58 Å². The lowest BCUT2D eigenvalue weighted by Gasteiger charge is -2.43. The van der Waals surface area contributed by atoms with Crippen LogP contribution < -0.4 is 0 Å². The summed E-state index contributed by atoms with van der Waals surface area (Å²) in [6.45, 7) is 4.92. The second-order valence-corrected chi connectivity index (χ2v) is 5.30. The van der Waals surface area contributed by atoms with Crippen LogP contribution in [0.1, 0.15) is 20.8 Å². The second-order valence-electron chi connectivity index (χ2n) is 5.30. The van der Waals surface area contributed by atoms with Crippen LogP contribution in [0.2, 0.25) is 0 Å². The molecule has 132 valence electrons. The summed E-state index contributed by atoms with van der Waals surface area (Å²) < 4.78 is 15.0. The summed E-state index contributed by atoms with van der Waals surface area (Å²) in [6.07, 6.45) is 1.11. The van der Waals surface area contributed by atoms with E-state index in [9.17, 15) is 24.9 Å². The van der Waals surface area contributed by atoms with Crippen molar-refractivity contribution in [3.05, 3.63) is 24.0 Å². The number of methoxy groups -OCH3 is 1. The van der Waals surface area contributed by atoms with Crippen molar-refractivity contribution in [2.24, 2.45) is 5.41 Å². The van der Waals surface area contributed by atoms with Gasteiger partial charge in [-0.1, -0.05) is 6.58 Å². The fourth-order valence-electron chi connectivity index (χ4n) is 1.56. The maximum Gasteiger partial charge on any atom is 0.340 e. The highest BCUT2D eigenvalue weighted by atomic mass is 16.7. The Kier molecular flexibility index (Phi) is 7.94. The van der Waals surface area contributed by atoms with Crippen molar-refractivity contribution in [1.29, 1.82) is 0 Å². The van der Waals surface area contributed by atoms with Gasteiger partial charge in [-0.2, -0.15) is 0 Å². The highest BCUT2D eigenvalue weighted by Gasteiger charge is 2.54. The van der Waals surface area contributed by atoms with Crippen molar-refractivity contribution < 1.29 is 39.1 Å². The van der Waals surface area contributed by atoms with Crippen LogP contribution in [0.5, 0.6) is 0 Å². The first kappa shape index (κ1) is 21.1. The molecule has 3 N–H and O–H groups in total. The van der Waals surface area contributed by atoms with Crippen molar-refractivity contribution in [3.63, 3.8) is 0 Å². The molecular weight excluding hydrogens is 308 g/mol. The van der Waals surface area contributed by atoms with Gasteiger partial charge >= 0.3 is 11.9 Å². The molecule has 0 rings (SSSR count). The van der Waals surface area contributed by atoms with E-state index < -0.39 is 43.0 Å². The highest BCUT2D eigenvalue weighted by Crippen LogP contribution is 2.36. The Balaban J connectivity index is 5.80. The molecule has 0 heterocycles. The largest absolute Gasteiger partial charge is 0.504 e. The minimum atomic E-state index is -2.14. The zero-order chi connectivity index (χ0) is 18.3. The van der Waals surface area contributed by atoms with Crippen molar-refractivity contribution in [2.75, 3.05) is 26.9 Å². The van der Waals surface area contributed by atoms with Gasteiger partial charge < -0.3 is 29.5 Å². The SMILES string of the molecule is C=C(C)C(=O)OC(C)(OC(=O)/C(C)=C/OC)C(CO)(CO)CO. The third kappa shape index (κ3) is 4.78. The molecule has 1 atom stereocenters. The molecular formula is C15H24O8. The molecule has 8 heteroatoms. The van der Waals surface area contributed by atoms with Crippen LogP contribution in [0, 0.1) is 5.41 Å². The van der Waals surface area contributed by atoms with Crippen LogP contribution in [0.4, 0.5) is 0 Å². The molecule has 0 aromatic carbocycles. The third-order valence-corrected chi connectivity index (χ3v) is 3.41. The Labute approximate surface area is 135 Å². The molecule has 0 fully saturated rings. The zero-order valence-corrected chi connectivity index (χ0v) is 13.8. The van der Waals surface area contributed by atoms with E-state index in [-0.39, 0.29) is 11.1 Å². The van der Waals surface area contributed by atoms with Gasteiger partial charge in [-0.15, -0.1) is 0 Å². The van der Waals surface area contributed by atoms with Gasteiger partial charge in [0.25, 0.3) is 5.79 Å². The molecule has 0 amide bonds. The van der Waals surface area contributed by atoms with E-state index >= 15 is 0 Å².